The van der Waals surface area contributed by atoms with Gasteiger partial charge >= 0.3 is 0 Å². The summed E-state index contributed by atoms with van der Waals surface area (Å²) in [6.45, 7) is 6.72. The molecule has 1 aromatic heterocycles. The van der Waals surface area contributed by atoms with Crippen LogP contribution in [-0.2, 0) is 13.6 Å². The van der Waals surface area contributed by atoms with E-state index < -0.39 is 0 Å². The molecule has 0 aliphatic carbocycles. The van der Waals surface area contributed by atoms with Crippen LogP contribution in [0.5, 0.6) is 0 Å². The Balaban J connectivity index is 0.00000208. The van der Waals surface area contributed by atoms with Crippen LogP contribution >= 0.6 is 12.4 Å². The van der Waals surface area contributed by atoms with Crippen LogP contribution in [-0.4, -0.2) is 41.4 Å². The summed E-state index contributed by atoms with van der Waals surface area (Å²) in [6, 6.07) is 6.81. The summed E-state index contributed by atoms with van der Waals surface area (Å²) in [4.78, 5) is 2.61. The molecule has 1 aromatic carbocycles. The number of aromatic nitrogens is 2. The molecule has 2 aromatic rings. The molecule has 0 bridgehead atoms. The van der Waals surface area contributed by atoms with Crippen LogP contribution in [0, 0.1) is 12.8 Å². The minimum Gasteiger partial charge on any atom is -0.319 e. The maximum Gasteiger partial charge on any atom is 0.0568 e. The third kappa shape index (κ3) is 4.59. The largest absolute Gasteiger partial charge is 0.319 e. The Morgan fingerprint density at radius 1 is 1.33 bits per heavy atom. The van der Waals surface area contributed by atoms with Gasteiger partial charge in [0, 0.05) is 31.9 Å². The maximum atomic E-state index is 4.34. The Morgan fingerprint density at radius 3 is 2.88 bits per heavy atom. The summed E-state index contributed by atoms with van der Waals surface area (Å²) in [6.07, 6.45) is 6.73. The number of hydrogen-bond donors (Lipinski definition) is 1. The van der Waals surface area contributed by atoms with Gasteiger partial charge in [0.1, 0.15) is 0 Å². The van der Waals surface area contributed by atoms with Crippen molar-refractivity contribution in [1.82, 2.24) is 20.0 Å². The summed E-state index contributed by atoms with van der Waals surface area (Å²) in [5.41, 5.74) is 5.26. The van der Waals surface area contributed by atoms with Gasteiger partial charge in [0.05, 0.1) is 6.20 Å². The molecule has 1 fully saturated rings. The predicted molar refractivity (Wildman–Crippen MR) is 103 cm³/mol. The fourth-order valence-corrected chi connectivity index (χ4v) is 3.65. The molecule has 1 aliphatic heterocycles. The van der Waals surface area contributed by atoms with Gasteiger partial charge < -0.3 is 5.32 Å². The standard InChI is InChI=1S/C19H28N4.ClH/c1-15-6-7-17(19(9-15)18-11-21-22(3)13-18)14-23-8-4-5-16(12-23)10-20-2;/h6-7,9,11,13,16,20H,4-5,8,10,12,14H2,1-3H3;1H. The van der Waals surface area contributed by atoms with E-state index in [0.717, 1.165) is 19.0 Å². The van der Waals surface area contributed by atoms with E-state index >= 15 is 0 Å². The number of likely N-dealkylation sites (tertiary alicyclic amines) is 1. The monoisotopic (exact) mass is 348 g/mol. The highest BCUT2D eigenvalue weighted by Crippen LogP contribution is 2.27. The number of benzene rings is 1. The lowest BCUT2D eigenvalue weighted by Crippen LogP contribution is -2.38. The summed E-state index contributed by atoms with van der Waals surface area (Å²) in [7, 11) is 4.03. The predicted octanol–water partition coefficient (Wildman–Crippen LogP) is 3.25. The number of hydrogen-bond acceptors (Lipinski definition) is 3. The van der Waals surface area contributed by atoms with Crippen LogP contribution < -0.4 is 5.32 Å². The quantitative estimate of drug-likeness (QED) is 0.900. The third-order valence-corrected chi connectivity index (χ3v) is 4.77. The molecule has 2 heterocycles. The number of nitrogens with one attached hydrogen (secondary N) is 1. The van der Waals surface area contributed by atoms with Crippen LogP contribution in [0.1, 0.15) is 24.0 Å². The Morgan fingerprint density at radius 2 is 2.17 bits per heavy atom. The average molecular weight is 349 g/mol. The lowest BCUT2D eigenvalue weighted by molar-refractivity contribution is 0.167. The van der Waals surface area contributed by atoms with E-state index in [0.29, 0.717) is 0 Å². The van der Waals surface area contributed by atoms with Crippen LogP contribution in [0.3, 0.4) is 0 Å². The second kappa shape index (κ2) is 8.65. The van der Waals surface area contributed by atoms with E-state index in [1.54, 1.807) is 0 Å². The smallest absolute Gasteiger partial charge is 0.0568 e. The molecule has 0 saturated carbocycles. The van der Waals surface area contributed by atoms with Crippen LogP contribution in [0.25, 0.3) is 11.1 Å². The van der Waals surface area contributed by atoms with Crippen molar-refractivity contribution in [2.24, 2.45) is 13.0 Å². The molecule has 1 aliphatic rings. The lowest BCUT2D eigenvalue weighted by Gasteiger charge is -2.33. The molecule has 3 rings (SSSR count). The molecule has 0 radical (unpaired) electrons. The first-order valence-electron chi connectivity index (χ1n) is 8.61. The molecule has 24 heavy (non-hydrogen) atoms. The minimum absolute atomic E-state index is 0. The lowest BCUT2D eigenvalue weighted by atomic mass is 9.95. The van der Waals surface area contributed by atoms with Gasteiger partial charge in [-0.3, -0.25) is 9.58 Å². The molecular formula is C19H29ClN4. The van der Waals surface area contributed by atoms with Crippen molar-refractivity contribution in [3.63, 3.8) is 0 Å². The van der Waals surface area contributed by atoms with Crippen molar-refractivity contribution in [2.45, 2.75) is 26.3 Å². The van der Waals surface area contributed by atoms with Gasteiger partial charge in [0.25, 0.3) is 0 Å². The zero-order valence-corrected chi connectivity index (χ0v) is 15.8. The molecule has 1 unspecified atom stereocenters. The Labute approximate surface area is 151 Å². The molecule has 1 N–H and O–H groups in total. The van der Waals surface area contributed by atoms with Crippen molar-refractivity contribution in [2.75, 3.05) is 26.7 Å². The fraction of sp³-hybridized carbons (Fsp3) is 0.526. The van der Waals surface area contributed by atoms with E-state index in [1.807, 2.05) is 17.9 Å². The normalized spacial score (nSPS) is 18.4. The first-order valence-corrected chi connectivity index (χ1v) is 8.61. The Kier molecular flexibility index (Phi) is 6.84. The molecule has 1 saturated heterocycles. The van der Waals surface area contributed by atoms with Crippen molar-refractivity contribution in [3.8, 4) is 11.1 Å². The van der Waals surface area contributed by atoms with Crippen LogP contribution in [0.2, 0.25) is 0 Å². The number of halogens is 1. The van der Waals surface area contributed by atoms with Crippen molar-refractivity contribution < 1.29 is 0 Å². The Bertz CT molecular complexity index is 651. The molecule has 4 nitrogen and oxygen atoms in total. The zero-order valence-electron chi connectivity index (χ0n) is 15.0. The molecule has 1 atom stereocenters. The third-order valence-electron chi connectivity index (χ3n) is 4.77. The molecule has 132 valence electrons. The van der Waals surface area contributed by atoms with Gasteiger partial charge in [0.15, 0.2) is 0 Å². The molecular weight excluding hydrogens is 320 g/mol. The van der Waals surface area contributed by atoms with E-state index in [-0.39, 0.29) is 12.4 Å². The van der Waals surface area contributed by atoms with Gasteiger partial charge in [-0.25, -0.2) is 0 Å². The highest BCUT2D eigenvalue weighted by atomic mass is 35.5. The summed E-state index contributed by atoms with van der Waals surface area (Å²) >= 11 is 0. The molecule has 0 spiro atoms. The second-order valence-electron chi connectivity index (χ2n) is 6.86. The summed E-state index contributed by atoms with van der Waals surface area (Å²) in [5.74, 6) is 0.779. The second-order valence-corrected chi connectivity index (χ2v) is 6.86. The molecule has 5 heteroatoms. The van der Waals surface area contributed by atoms with Crippen molar-refractivity contribution in [3.05, 3.63) is 41.7 Å². The average Bonchev–Trinajstić information content (AvgIpc) is 2.96. The number of rotatable bonds is 5. The number of piperidine rings is 1. The number of aryl methyl sites for hydroxylation is 2. The molecule has 0 amide bonds. The minimum atomic E-state index is 0. The van der Waals surface area contributed by atoms with Crippen LogP contribution in [0.15, 0.2) is 30.6 Å². The first-order chi connectivity index (χ1) is 11.2. The van der Waals surface area contributed by atoms with Crippen LogP contribution in [0.4, 0.5) is 0 Å². The highest BCUT2D eigenvalue weighted by molar-refractivity contribution is 5.85. The van der Waals surface area contributed by atoms with Gasteiger partial charge in [-0.2, -0.15) is 5.10 Å². The van der Waals surface area contributed by atoms with Crippen molar-refractivity contribution >= 4 is 12.4 Å². The summed E-state index contributed by atoms with van der Waals surface area (Å²) < 4.78 is 1.88. The van der Waals surface area contributed by atoms with E-state index in [9.17, 15) is 0 Å². The van der Waals surface area contributed by atoms with Crippen molar-refractivity contribution in [1.29, 1.82) is 0 Å². The van der Waals surface area contributed by atoms with Gasteiger partial charge in [-0.05, 0) is 56.9 Å². The Hall–Kier alpha value is -1.36. The SMILES string of the molecule is CNCC1CCCN(Cc2ccc(C)cc2-c2cnn(C)c2)C1.Cl. The topological polar surface area (TPSA) is 33.1 Å². The van der Waals surface area contributed by atoms with E-state index in [2.05, 4.69) is 53.7 Å². The zero-order chi connectivity index (χ0) is 16.2. The van der Waals surface area contributed by atoms with E-state index in [1.165, 1.54) is 48.2 Å². The maximum absolute atomic E-state index is 4.34. The summed E-state index contributed by atoms with van der Waals surface area (Å²) in [5, 5.41) is 7.67. The van der Waals surface area contributed by atoms with Gasteiger partial charge in [0.2, 0.25) is 0 Å². The highest BCUT2D eigenvalue weighted by Gasteiger charge is 2.20. The fourth-order valence-electron chi connectivity index (χ4n) is 3.65. The van der Waals surface area contributed by atoms with Gasteiger partial charge in [-0.15, -0.1) is 12.4 Å². The van der Waals surface area contributed by atoms with E-state index in [4.69, 9.17) is 0 Å². The number of nitrogens with zero attached hydrogens (tertiary/aromatic N) is 3. The first kappa shape index (κ1) is 19.0. The van der Waals surface area contributed by atoms with Gasteiger partial charge in [-0.1, -0.05) is 23.8 Å².